The SMILES string of the molecule is CCN(Cc1ccccc1)c1cc(NCc2ccc(OC)cc2)ncn1. The molecule has 0 spiro atoms. The van der Waals surface area contributed by atoms with E-state index in [0.717, 1.165) is 30.5 Å². The highest BCUT2D eigenvalue weighted by atomic mass is 16.5. The van der Waals surface area contributed by atoms with Crippen molar-refractivity contribution in [1.29, 1.82) is 0 Å². The van der Waals surface area contributed by atoms with Gasteiger partial charge in [-0.2, -0.15) is 0 Å². The van der Waals surface area contributed by atoms with Gasteiger partial charge in [-0.25, -0.2) is 9.97 Å². The van der Waals surface area contributed by atoms with Gasteiger partial charge in [-0.05, 0) is 30.2 Å². The van der Waals surface area contributed by atoms with Crippen LogP contribution in [0.5, 0.6) is 5.75 Å². The Labute approximate surface area is 154 Å². The van der Waals surface area contributed by atoms with Crippen LogP contribution < -0.4 is 15.0 Å². The molecule has 0 radical (unpaired) electrons. The molecule has 0 aliphatic carbocycles. The standard InChI is InChI=1S/C21H24N4O/c1-3-25(15-18-7-5-4-6-8-18)21-13-20(23-16-24-21)22-14-17-9-11-19(26-2)12-10-17/h4-13,16H,3,14-15H2,1-2H3,(H,22,23,24). The van der Waals surface area contributed by atoms with E-state index in [-0.39, 0.29) is 0 Å². The van der Waals surface area contributed by atoms with Crippen LogP contribution in [0, 0.1) is 0 Å². The summed E-state index contributed by atoms with van der Waals surface area (Å²) >= 11 is 0. The molecule has 134 valence electrons. The number of ether oxygens (including phenoxy) is 1. The minimum absolute atomic E-state index is 0.700. The Hall–Kier alpha value is -3.08. The van der Waals surface area contributed by atoms with Gasteiger partial charge < -0.3 is 15.0 Å². The molecule has 0 aliphatic heterocycles. The van der Waals surface area contributed by atoms with E-state index in [4.69, 9.17) is 4.74 Å². The molecule has 0 bridgehead atoms. The molecule has 3 rings (SSSR count). The van der Waals surface area contributed by atoms with Crippen molar-refractivity contribution < 1.29 is 4.74 Å². The fraction of sp³-hybridized carbons (Fsp3) is 0.238. The Kier molecular flexibility index (Phi) is 6.04. The van der Waals surface area contributed by atoms with Crippen LogP contribution in [0.3, 0.4) is 0 Å². The van der Waals surface area contributed by atoms with E-state index < -0.39 is 0 Å². The number of rotatable bonds is 8. The maximum Gasteiger partial charge on any atom is 0.134 e. The number of hydrogen-bond donors (Lipinski definition) is 1. The molecule has 5 nitrogen and oxygen atoms in total. The van der Waals surface area contributed by atoms with Crippen molar-refractivity contribution in [2.45, 2.75) is 20.0 Å². The number of aromatic nitrogens is 2. The summed E-state index contributed by atoms with van der Waals surface area (Å²) in [7, 11) is 1.67. The summed E-state index contributed by atoms with van der Waals surface area (Å²) in [4.78, 5) is 11.0. The third kappa shape index (κ3) is 4.72. The minimum atomic E-state index is 0.700. The number of nitrogens with one attached hydrogen (secondary N) is 1. The molecule has 0 saturated heterocycles. The van der Waals surface area contributed by atoms with Gasteiger partial charge in [0.05, 0.1) is 7.11 Å². The Balaban J connectivity index is 1.66. The average Bonchev–Trinajstić information content (AvgIpc) is 2.72. The number of anilines is 2. The number of hydrogen-bond acceptors (Lipinski definition) is 5. The lowest BCUT2D eigenvalue weighted by atomic mass is 10.2. The van der Waals surface area contributed by atoms with Crippen molar-refractivity contribution in [2.24, 2.45) is 0 Å². The molecular weight excluding hydrogens is 324 g/mol. The first-order valence-electron chi connectivity index (χ1n) is 8.76. The molecule has 0 aliphatic rings. The lowest BCUT2D eigenvalue weighted by Crippen LogP contribution is -2.23. The molecule has 1 aromatic heterocycles. The van der Waals surface area contributed by atoms with Crippen LogP contribution in [0.25, 0.3) is 0 Å². The van der Waals surface area contributed by atoms with E-state index in [0.29, 0.717) is 6.54 Å². The van der Waals surface area contributed by atoms with Gasteiger partial charge in [0.1, 0.15) is 23.7 Å². The lowest BCUT2D eigenvalue weighted by molar-refractivity contribution is 0.414. The Morgan fingerprint density at radius 3 is 2.42 bits per heavy atom. The summed E-state index contributed by atoms with van der Waals surface area (Å²) < 4.78 is 5.19. The van der Waals surface area contributed by atoms with Gasteiger partial charge in [0.2, 0.25) is 0 Å². The topological polar surface area (TPSA) is 50.3 Å². The molecule has 26 heavy (non-hydrogen) atoms. The first kappa shape index (κ1) is 17.7. The highest BCUT2D eigenvalue weighted by Crippen LogP contribution is 2.18. The van der Waals surface area contributed by atoms with Gasteiger partial charge in [0.25, 0.3) is 0 Å². The van der Waals surface area contributed by atoms with E-state index >= 15 is 0 Å². The Morgan fingerprint density at radius 2 is 1.73 bits per heavy atom. The zero-order chi connectivity index (χ0) is 18.2. The molecule has 0 amide bonds. The summed E-state index contributed by atoms with van der Waals surface area (Å²) in [6.07, 6.45) is 1.61. The molecule has 2 aromatic carbocycles. The van der Waals surface area contributed by atoms with Crippen molar-refractivity contribution in [3.8, 4) is 5.75 Å². The van der Waals surface area contributed by atoms with E-state index in [9.17, 15) is 0 Å². The summed E-state index contributed by atoms with van der Waals surface area (Å²) in [5.41, 5.74) is 2.43. The molecule has 0 saturated carbocycles. The van der Waals surface area contributed by atoms with Crippen LogP contribution in [0.1, 0.15) is 18.1 Å². The number of benzene rings is 2. The molecule has 0 atom stereocenters. The molecule has 1 heterocycles. The second-order valence-electron chi connectivity index (χ2n) is 5.96. The van der Waals surface area contributed by atoms with Crippen molar-refractivity contribution in [2.75, 3.05) is 23.9 Å². The highest BCUT2D eigenvalue weighted by molar-refractivity contribution is 5.49. The monoisotopic (exact) mass is 348 g/mol. The Bertz CT molecular complexity index is 806. The van der Waals surface area contributed by atoms with Gasteiger partial charge in [-0.15, -0.1) is 0 Å². The second-order valence-corrected chi connectivity index (χ2v) is 5.96. The van der Waals surface area contributed by atoms with Crippen LogP contribution in [0.15, 0.2) is 67.0 Å². The van der Waals surface area contributed by atoms with Crippen molar-refractivity contribution in [3.05, 3.63) is 78.1 Å². The van der Waals surface area contributed by atoms with Gasteiger partial charge in [0.15, 0.2) is 0 Å². The fourth-order valence-corrected chi connectivity index (χ4v) is 2.71. The molecule has 1 N–H and O–H groups in total. The third-order valence-electron chi connectivity index (χ3n) is 4.21. The lowest BCUT2D eigenvalue weighted by Gasteiger charge is -2.22. The minimum Gasteiger partial charge on any atom is -0.497 e. The van der Waals surface area contributed by atoms with Gasteiger partial charge in [-0.3, -0.25) is 0 Å². The van der Waals surface area contributed by atoms with Crippen molar-refractivity contribution >= 4 is 11.6 Å². The summed E-state index contributed by atoms with van der Waals surface area (Å²) in [6, 6.07) is 20.4. The van der Waals surface area contributed by atoms with E-state index in [1.807, 2.05) is 36.4 Å². The van der Waals surface area contributed by atoms with Gasteiger partial charge >= 0.3 is 0 Å². The maximum atomic E-state index is 5.19. The highest BCUT2D eigenvalue weighted by Gasteiger charge is 2.08. The van der Waals surface area contributed by atoms with Gasteiger partial charge in [-0.1, -0.05) is 42.5 Å². The molecule has 3 aromatic rings. The number of methoxy groups -OCH3 is 1. The molecule has 5 heteroatoms. The Morgan fingerprint density at radius 1 is 0.962 bits per heavy atom. The van der Waals surface area contributed by atoms with Crippen LogP contribution in [-0.4, -0.2) is 23.6 Å². The van der Waals surface area contributed by atoms with E-state index in [2.05, 4.69) is 51.4 Å². The van der Waals surface area contributed by atoms with Crippen LogP contribution in [-0.2, 0) is 13.1 Å². The first-order chi connectivity index (χ1) is 12.8. The van der Waals surface area contributed by atoms with E-state index in [1.165, 1.54) is 11.1 Å². The predicted octanol–water partition coefficient (Wildman–Crippen LogP) is 4.12. The predicted molar refractivity (Wildman–Crippen MR) is 106 cm³/mol. The second kappa shape index (κ2) is 8.85. The smallest absolute Gasteiger partial charge is 0.134 e. The summed E-state index contributed by atoms with van der Waals surface area (Å²) in [5, 5.41) is 3.36. The zero-order valence-corrected chi connectivity index (χ0v) is 15.2. The third-order valence-corrected chi connectivity index (χ3v) is 4.21. The number of nitrogens with zero attached hydrogens (tertiary/aromatic N) is 3. The first-order valence-corrected chi connectivity index (χ1v) is 8.76. The van der Waals surface area contributed by atoms with E-state index in [1.54, 1.807) is 13.4 Å². The fourth-order valence-electron chi connectivity index (χ4n) is 2.71. The average molecular weight is 348 g/mol. The normalized spacial score (nSPS) is 10.4. The molecule has 0 unspecified atom stereocenters. The van der Waals surface area contributed by atoms with Crippen LogP contribution in [0.4, 0.5) is 11.6 Å². The van der Waals surface area contributed by atoms with Crippen molar-refractivity contribution in [1.82, 2.24) is 9.97 Å². The largest absolute Gasteiger partial charge is 0.497 e. The van der Waals surface area contributed by atoms with Crippen LogP contribution >= 0.6 is 0 Å². The van der Waals surface area contributed by atoms with Crippen molar-refractivity contribution in [3.63, 3.8) is 0 Å². The quantitative estimate of drug-likeness (QED) is 0.663. The molecule has 0 fully saturated rings. The molecular formula is C21H24N4O. The summed E-state index contributed by atoms with van der Waals surface area (Å²) in [5.74, 6) is 2.60. The van der Waals surface area contributed by atoms with Crippen LogP contribution in [0.2, 0.25) is 0 Å². The van der Waals surface area contributed by atoms with Gasteiger partial charge in [0, 0.05) is 25.7 Å². The zero-order valence-electron chi connectivity index (χ0n) is 15.2. The maximum absolute atomic E-state index is 5.19. The summed E-state index contributed by atoms with van der Waals surface area (Å²) in [6.45, 7) is 4.54.